The van der Waals surface area contributed by atoms with Gasteiger partial charge in [0, 0.05) is 17.1 Å². The average Bonchev–Trinajstić information content (AvgIpc) is 2.61. The van der Waals surface area contributed by atoms with E-state index in [0.717, 1.165) is 28.6 Å². The molecule has 26 heavy (non-hydrogen) atoms. The third kappa shape index (κ3) is 2.81. The summed E-state index contributed by atoms with van der Waals surface area (Å²) < 4.78 is 0. The summed E-state index contributed by atoms with van der Waals surface area (Å²) in [4.78, 5) is 0. The molecule has 1 atom stereocenters. The van der Waals surface area contributed by atoms with Crippen LogP contribution in [-0.4, -0.2) is 11.2 Å². The molecule has 0 heterocycles. The molecule has 0 amide bonds. The first-order valence-electron chi connectivity index (χ1n) is 10.2. The van der Waals surface area contributed by atoms with Crippen LogP contribution in [-0.2, 0) is 0 Å². The van der Waals surface area contributed by atoms with Crippen molar-refractivity contribution >= 4 is 33.8 Å². The number of rotatable bonds is 3. The van der Waals surface area contributed by atoms with E-state index in [0.29, 0.717) is 11.5 Å². The topological polar surface area (TPSA) is 24.1 Å². The Bertz CT molecular complexity index is 802. The van der Waals surface area contributed by atoms with E-state index in [1.54, 1.807) is 0 Å². The van der Waals surface area contributed by atoms with Crippen molar-refractivity contribution in [1.82, 2.24) is 5.32 Å². The second-order valence-corrected chi connectivity index (χ2v) is 9.54. The van der Waals surface area contributed by atoms with Gasteiger partial charge in [0.25, 0.3) is 0 Å². The SMILES string of the molecule is CC(NC(=S)Nc1cccc2ccccc12)C12CC3CC(CC(C3)C1)C2. The maximum absolute atomic E-state index is 5.71. The lowest BCUT2D eigenvalue weighted by molar-refractivity contribution is -0.0671. The lowest BCUT2D eigenvalue weighted by atomic mass is 9.48. The molecule has 4 bridgehead atoms. The molecule has 1 unspecified atom stereocenters. The molecule has 136 valence electrons. The zero-order chi connectivity index (χ0) is 17.7. The van der Waals surface area contributed by atoms with Gasteiger partial charge in [0.05, 0.1) is 0 Å². The Morgan fingerprint density at radius 2 is 1.58 bits per heavy atom. The van der Waals surface area contributed by atoms with E-state index in [9.17, 15) is 0 Å². The first-order chi connectivity index (χ1) is 12.6. The van der Waals surface area contributed by atoms with E-state index in [4.69, 9.17) is 12.2 Å². The van der Waals surface area contributed by atoms with Crippen molar-refractivity contribution in [3.8, 4) is 0 Å². The summed E-state index contributed by atoms with van der Waals surface area (Å²) in [7, 11) is 0. The Morgan fingerprint density at radius 3 is 2.27 bits per heavy atom. The van der Waals surface area contributed by atoms with E-state index in [2.05, 4.69) is 60.0 Å². The van der Waals surface area contributed by atoms with E-state index in [1.807, 2.05) is 0 Å². The van der Waals surface area contributed by atoms with E-state index in [1.165, 1.54) is 49.3 Å². The van der Waals surface area contributed by atoms with Crippen LogP contribution in [0.25, 0.3) is 10.8 Å². The molecule has 0 aliphatic heterocycles. The van der Waals surface area contributed by atoms with E-state index < -0.39 is 0 Å². The predicted molar refractivity (Wildman–Crippen MR) is 113 cm³/mol. The van der Waals surface area contributed by atoms with Crippen molar-refractivity contribution in [3.63, 3.8) is 0 Å². The molecule has 4 fully saturated rings. The zero-order valence-electron chi connectivity index (χ0n) is 15.5. The van der Waals surface area contributed by atoms with Crippen molar-refractivity contribution in [2.45, 2.75) is 51.5 Å². The van der Waals surface area contributed by atoms with Crippen LogP contribution in [0.3, 0.4) is 0 Å². The monoisotopic (exact) mass is 364 g/mol. The Kier molecular flexibility index (Phi) is 3.97. The molecule has 0 spiro atoms. The van der Waals surface area contributed by atoms with Crippen LogP contribution in [0, 0.1) is 23.2 Å². The molecule has 6 rings (SSSR count). The van der Waals surface area contributed by atoms with Crippen LogP contribution in [0.2, 0.25) is 0 Å². The van der Waals surface area contributed by atoms with E-state index >= 15 is 0 Å². The standard InChI is InChI=1S/C23H28N2S/c1-15(23-12-16-9-17(13-23)11-18(10-16)14-23)24-22(26)25-21-8-4-6-19-5-2-3-7-20(19)21/h2-8,15-18H,9-14H2,1H3,(H2,24,25,26). The number of anilines is 1. The highest BCUT2D eigenvalue weighted by Gasteiger charge is 2.53. The summed E-state index contributed by atoms with van der Waals surface area (Å²) >= 11 is 5.71. The average molecular weight is 365 g/mol. The largest absolute Gasteiger partial charge is 0.359 e. The molecule has 3 heteroatoms. The molecule has 2 aromatic rings. The number of thiocarbonyl (C=S) groups is 1. The highest BCUT2D eigenvalue weighted by Crippen LogP contribution is 2.61. The van der Waals surface area contributed by atoms with Crippen LogP contribution >= 0.6 is 12.2 Å². The molecule has 0 radical (unpaired) electrons. The lowest BCUT2D eigenvalue weighted by Gasteiger charge is -2.59. The second kappa shape index (κ2) is 6.23. The minimum Gasteiger partial charge on any atom is -0.359 e. The molecule has 0 saturated heterocycles. The molecule has 2 N–H and O–H groups in total. The van der Waals surface area contributed by atoms with Crippen LogP contribution in [0.1, 0.15) is 45.4 Å². The van der Waals surface area contributed by atoms with Crippen molar-refractivity contribution in [1.29, 1.82) is 0 Å². The molecule has 4 aliphatic carbocycles. The van der Waals surface area contributed by atoms with Crippen molar-refractivity contribution in [2.24, 2.45) is 23.2 Å². The Balaban J connectivity index is 1.31. The van der Waals surface area contributed by atoms with Gasteiger partial charge in [0.2, 0.25) is 0 Å². The number of hydrogen-bond donors (Lipinski definition) is 2. The van der Waals surface area contributed by atoms with Crippen LogP contribution < -0.4 is 10.6 Å². The van der Waals surface area contributed by atoms with Crippen molar-refractivity contribution in [2.75, 3.05) is 5.32 Å². The number of nitrogens with one attached hydrogen (secondary N) is 2. The fourth-order valence-electron chi connectivity index (χ4n) is 6.55. The molecular formula is C23H28N2S. The van der Waals surface area contributed by atoms with Gasteiger partial charge in [0.15, 0.2) is 5.11 Å². The van der Waals surface area contributed by atoms with Crippen LogP contribution in [0.4, 0.5) is 5.69 Å². The molecule has 2 aromatic carbocycles. The highest BCUT2D eigenvalue weighted by atomic mass is 32.1. The highest BCUT2D eigenvalue weighted by molar-refractivity contribution is 7.80. The Hall–Kier alpha value is -1.61. The van der Waals surface area contributed by atoms with Gasteiger partial charge in [0.1, 0.15) is 0 Å². The third-order valence-electron chi connectivity index (χ3n) is 7.39. The van der Waals surface area contributed by atoms with Crippen LogP contribution in [0.15, 0.2) is 42.5 Å². The normalized spacial score (nSPS) is 33.2. The number of benzene rings is 2. The number of hydrogen-bond acceptors (Lipinski definition) is 1. The second-order valence-electron chi connectivity index (χ2n) is 9.13. The molecule has 4 saturated carbocycles. The minimum atomic E-state index is 0.450. The molecule has 4 aliphatic rings. The summed E-state index contributed by atoms with van der Waals surface area (Å²) in [6.07, 6.45) is 8.69. The van der Waals surface area contributed by atoms with Gasteiger partial charge in [-0.15, -0.1) is 0 Å². The maximum atomic E-state index is 5.71. The van der Waals surface area contributed by atoms with Gasteiger partial charge in [-0.25, -0.2) is 0 Å². The van der Waals surface area contributed by atoms with Gasteiger partial charge in [-0.1, -0.05) is 36.4 Å². The Morgan fingerprint density at radius 1 is 0.962 bits per heavy atom. The molecular weight excluding hydrogens is 336 g/mol. The summed E-state index contributed by atoms with van der Waals surface area (Å²) in [6, 6.07) is 15.3. The quantitative estimate of drug-likeness (QED) is 0.680. The van der Waals surface area contributed by atoms with Gasteiger partial charge in [-0.2, -0.15) is 0 Å². The van der Waals surface area contributed by atoms with Gasteiger partial charge < -0.3 is 10.6 Å². The van der Waals surface area contributed by atoms with Gasteiger partial charge in [-0.3, -0.25) is 0 Å². The zero-order valence-corrected chi connectivity index (χ0v) is 16.3. The summed E-state index contributed by atoms with van der Waals surface area (Å²) in [5.41, 5.74) is 1.57. The van der Waals surface area contributed by atoms with Crippen molar-refractivity contribution in [3.05, 3.63) is 42.5 Å². The molecule has 2 nitrogen and oxygen atoms in total. The lowest BCUT2D eigenvalue weighted by Crippen LogP contribution is -2.56. The maximum Gasteiger partial charge on any atom is 0.171 e. The Labute approximate surface area is 161 Å². The fourth-order valence-corrected chi connectivity index (χ4v) is 6.84. The third-order valence-corrected chi connectivity index (χ3v) is 7.61. The minimum absolute atomic E-state index is 0.450. The van der Waals surface area contributed by atoms with Crippen molar-refractivity contribution < 1.29 is 0 Å². The predicted octanol–water partition coefficient (Wildman–Crippen LogP) is 5.73. The van der Waals surface area contributed by atoms with Gasteiger partial charge >= 0.3 is 0 Å². The summed E-state index contributed by atoms with van der Waals surface area (Å²) in [6.45, 7) is 2.37. The van der Waals surface area contributed by atoms with E-state index in [-0.39, 0.29) is 0 Å². The first kappa shape index (κ1) is 16.6. The number of fused-ring (bicyclic) bond motifs is 1. The molecule has 0 aromatic heterocycles. The smallest absolute Gasteiger partial charge is 0.171 e. The van der Waals surface area contributed by atoms with Crippen LogP contribution in [0.5, 0.6) is 0 Å². The summed E-state index contributed by atoms with van der Waals surface area (Å²) in [5, 5.41) is 10.4. The van der Waals surface area contributed by atoms with Gasteiger partial charge in [-0.05, 0) is 92.3 Å². The fraction of sp³-hybridized carbons (Fsp3) is 0.522. The first-order valence-corrected chi connectivity index (χ1v) is 10.6. The summed E-state index contributed by atoms with van der Waals surface area (Å²) in [5.74, 6) is 2.93.